The van der Waals surface area contributed by atoms with Crippen LogP contribution in [-0.4, -0.2) is 65.7 Å². The molecule has 1 unspecified atom stereocenters. The molecule has 316 valence electrons. The first kappa shape index (κ1) is 52.4. The zero-order valence-corrected chi connectivity index (χ0v) is 35.0. The summed E-state index contributed by atoms with van der Waals surface area (Å²) in [6, 6.07) is 0. The predicted molar refractivity (Wildman–Crippen MR) is 223 cm³/mol. The molecule has 0 aromatic carbocycles. The fourth-order valence-electron chi connectivity index (χ4n) is 5.13. The Labute approximate surface area is 333 Å². The summed E-state index contributed by atoms with van der Waals surface area (Å²) in [5.41, 5.74) is 0. The van der Waals surface area contributed by atoms with E-state index in [1.165, 1.54) is 25.7 Å². The number of ether oxygens (including phenoxy) is 2. The molecular formula is C44H75O10P. The normalized spacial score (nSPS) is 14.6. The Balaban J connectivity index is 4.40. The van der Waals surface area contributed by atoms with Gasteiger partial charge in [0.25, 0.3) is 0 Å². The molecule has 0 saturated carbocycles. The van der Waals surface area contributed by atoms with Crippen molar-refractivity contribution in [2.24, 2.45) is 0 Å². The van der Waals surface area contributed by atoms with Gasteiger partial charge in [-0.3, -0.25) is 18.6 Å². The third-order valence-electron chi connectivity index (χ3n) is 8.34. The Morgan fingerprint density at radius 1 is 0.564 bits per heavy atom. The van der Waals surface area contributed by atoms with Crippen LogP contribution in [0.2, 0.25) is 0 Å². The third kappa shape index (κ3) is 39.4. The van der Waals surface area contributed by atoms with Gasteiger partial charge in [-0.25, -0.2) is 4.57 Å². The molecule has 0 bridgehead atoms. The minimum Gasteiger partial charge on any atom is -0.462 e. The number of carbonyl (C=O) groups is 2. The molecule has 0 saturated heterocycles. The van der Waals surface area contributed by atoms with Crippen LogP contribution in [0.4, 0.5) is 0 Å². The Morgan fingerprint density at radius 2 is 1.00 bits per heavy atom. The zero-order chi connectivity index (χ0) is 40.5. The number of hydrogen-bond donors (Lipinski definition) is 3. The zero-order valence-electron chi connectivity index (χ0n) is 34.1. The molecular weight excluding hydrogens is 719 g/mol. The number of hydrogen-bond acceptors (Lipinski definition) is 9. The molecule has 11 heteroatoms. The van der Waals surface area contributed by atoms with Crippen LogP contribution in [0.3, 0.4) is 0 Å². The van der Waals surface area contributed by atoms with Gasteiger partial charge in [-0.2, -0.15) is 0 Å². The van der Waals surface area contributed by atoms with E-state index in [9.17, 15) is 24.2 Å². The smallest absolute Gasteiger partial charge is 0.462 e. The van der Waals surface area contributed by atoms with Crippen molar-refractivity contribution in [2.45, 2.75) is 167 Å². The van der Waals surface area contributed by atoms with Crippen molar-refractivity contribution in [1.29, 1.82) is 0 Å². The summed E-state index contributed by atoms with van der Waals surface area (Å²) in [7, 11) is -4.63. The van der Waals surface area contributed by atoms with Crippen LogP contribution < -0.4 is 0 Å². The number of aliphatic hydroxyl groups is 2. The molecule has 3 N–H and O–H groups in total. The van der Waals surface area contributed by atoms with Crippen LogP contribution in [0.15, 0.2) is 72.9 Å². The van der Waals surface area contributed by atoms with E-state index in [1.54, 1.807) is 0 Å². The first-order valence-electron chi connectivity index (χ1n) is 20.9. The van der Waals surface area contributed by atoms with Crippen LogP contribution in [0.25, 0.3) is 0 Å². The summed E-state index contributed by atoms with van der Waals surface area (Å²) in [6.45, 7) is 2.17. The maximum Gasteiger partial charge on any atom is 0.472 e. The van der Waals surface area contributed by atoms with E-state index in [-0.39, 0.29) is 19.4 Å². The van der Waals surface area contributed by atoms with Crippen LogP contribution in [-0.2, 0) is 32.7 Å². The van der Waals surface area contributed by atoms with Gasteiger partial charge in [0.1, 0.15) is 12.7 Å². The maximum atomic E-state index is 12.6. The third-order valence-corrected chi connectivity index (χ3v) is 9.30. The summed E-state index contributed by atoms with van der Waals surface area (Å²) in [4.78, 5) is 34.9. The van der Waals surface area contributed by atoms with Crippen LogP contribution >= 0.6 is 7.82 Å². The summed E-state index contributed by atoms with van der Waals surface area (Å²) in [5.74, 6) is -0.977. The lowest BCUT2D eigenvalue weighted by molar-refractivity contribution is -0.161. The van der Waals surface area contributed by atoms with Gasteiger partial charge in [-0.1, -0.05) is 132 Å². The van der Waals surface area contributed by atoms with E-state index in [1.807, 2.05) is 0 Å². The second kappa shape index (κ2) is 39.6. The van der Waals surface area contributed by atoms with Gasteiger partial charge in [0.15, 0.2) is 6.10 Å². The van der Waals surface area contributed by atoms with Crippen LogP contribution in [0.5, 0.6) is 0 Å². The first-order chi connectivity index (χ1) is 26.7. The summed E-state index contributed by atoms with van der Waals surface area (Å²) < 4.78 is 32.6. The van der Waals surface area contributed by atoms with Crippen LogP contribution in [0.1, 0.15) is 155 Å². The number of rotatable bonds is 38. The van der Waals surface area contributed by atoms with Gasteiger partial charge in [0, 0.05) is 12.8 Å². The Kier molecular flexibility index (Phi) is 37.8. The first-order valence-corrected chi connectivity index (χ1v) is 22.4. The molecule has 0 rings (SSSR count). The monoisotopic (exact) mass is 795 g/mol. The molecule has 0 fully saturated rings. The highest BCUT2D eigenvalue weighted by atomic mass is 31.2. The number of phosphoric acid groups is 1. The minimum atomic E-state index is -4.63. The van der Waals surface area contributed by atoms with E-state index < -0.39 is 51.8 Å². The Hall–Kier alpha value is -2.59. The molecule has 0 radical (unpaired) electrons. The largest absolute Gasteiger partial charge is 0.472 e. The molecule has 0 aliphatic heterocycles. The lowest BCUT2D eigenvalue weighted by Crippen LogP contribution is -2.29. The lowest BCUT2D eigenvalue weighted by Gasteiger charge is -2.20. The van der Waals surface area contributed by atoms with E-state index in [4.69, 9.17) is 19.1 Å². The SMILES string of the molecule is CC/C=C/C/C=C/C/C=C/CCCCCCCC(=O)O[C@H](COC(=O)CCCCCC/C=C/C/C=C/C/C=C/CCCCC)COP(=O)(O)OC[C@@H](O)CO. The van der Waals surface area contributed by atoms with Gasteiger partial charge in [0.05, 0.1) is 19.8 Å². The average molecular weight is 795 g/mol. The van der Waals surface area contributed by atoms with Gasteiger partial charge in [-0.15, -0.1) is 0 Å². The molecule has 0 spiro atoms. The number of esters is 2. The van der Waals surface area contributed by atoms with Crippen molar-refractivity contribution >= 4 is 19.8 Å². The number of unbranched alkanes of at least 4 members (excludes halogenated alkanes) is 12. The van der Waals surface area contributed by atoms with E-state index in [2.05, 4.69) is 91.3 Å². The standard InChI is InChI=1S/C44H75O10P/c1-3-5-7-9-11-13-15-17-19-20-22-23-25-27-29-31-33-35-43(47)51-39-42(40-53-55(49,50)52-38-41(46)37-45)54-44(48)36-34-32-30-28-26-24-21-18-16-14-12-10-8-6-4-2/h6,8,11-14,17-19,21-23,41-42,45-46H,3-5,7,9-10,15-16,20,24-40H2,1-2H3,(H,49,50)/b8-6+,13-11+,14-12+,19-17+,21-18+,23-22+/t41-,42+/m0/s1. The molecule has 0 aromatic rings. The van der Waals surface area contributed by atoms with E-state index in [0.717, 1.165) is 89.9 Å². The second-order valence-corrected chi connectivity index (χ2v) is 15.1. The number of aliphatic hydroxyl groups excluding tert-OH is 2. The summed E-state index contributed by atoms with van der Waals surface area (Å²) in [6.07, 6.45) is 44.3. The van der Waals surface area contributed by atoms with Crippen molar-refractivity contribution in [1.82, 2.24) is 0 Å². The van der Waals surface area contributed by atoms with Crippen molar-refractivity contribution in [3.05, 3.63) is 72.9 Å². The highest BCUT2D eigenvalue weighted by Crippen LogP contribution is 2.43. The highest BCUT2D eigenvalue weighted by molar-refractivity contribution is 7.47. The number of carbonyl (C=O) groups excluding carboxylic acids is 2. The summed E-state index contributed by atoms with van der Waals surface area (Å²) in [5, 5.41) is 18.3. The molecule has 3 atom stereocenters. The molecule has 55 heavy (non-hydrogen) atoms. The summed E-state index contributed by atoms with van der Waals surface area (Å²) >= 11 is 0. The Bertz CT molecular complexity index is 1140. The molecule has 0 heterocycles. The van der Waals surface area contributed by atoms with Crippen molar-refractivity contribution in [2.75, 3.05) is 26.4 Å². The molecule has 10 nitrogen and oxygen atoms in total. The number of phosphoric ester groups is 1. The fourth-order valence-corrected chi connectivity index (χ4v) is 5.92. The number of allylic oxidation sites excluding steroid dienone is 12. The van der Waals surface area contributed by atoms with Gasteiger partial charge < -0.3 is 24.6 Å². The molecule has 0 aliphatic carbocycles. The minimum absolute atomic E-state index is 0.156. The van der Waals surface area contributed by atoms with E-state index >= 15 is 0 Å². The molecule has 0 aromatic heterocycles. The molecule has 0 amide bonds. The topological polar surface area (TPSA) is 149 Å². The fraction of sp³-hybridized carbons (Fsp3) is 0.682. The maximum absolute atomic E-state index is 12.6. The lowest BCUT2D eigenvalue weighted by atomic mass is 10.1. The van der Waals surface area contributed by atoms with Crippen molar-refractivity contribution in [3.8, 4) is 0 Å². The van der Waals surface area contributed by atoms with Crippen LogP contribution in [0, 0.1) is 0 Å². The predicted octanol–water partition coefficient (Wildman–Crippen LogP) is 10.9. The highest BCUT2D eigenvalue weighted by Gasteiger charge is 2.27. The van der Waals surface area contributed by atoms with E-state index in [0.29, 0.717) is 12.8 Å². The van der Waals surface area contributed by atoms with Gasteiger partial charge in [-0.05, 0) is 83.5 Å². The van der Waals surface area contributed by atoms with Crippen molar-refractivity contribution in [3.63, 3.8) is 0 Å². The van der Waals surface area contributed by atoms with Gasteiger partial charge >= 0.3 is 19.8 Å². The average Bonchev–Trinajstić information content (AvgIpc) is 3.17. The van der Waals surface area contributed by atoms with Crippen molar-refractivity contribution < 1.29 is 47.8 Å². The van der Waals surface area contributed by atoms with Gasteiger partial charge in [0.2, 0.25) is 0 Å². The Morgan fingerprint density at radius 3 is 1.51 bits per heavy atom. The second-order valence-electron chi connectivity index (χ2n) is 13.6. The quantitative estimate of drug-likeness (QED) is 0.0239. The molecule has 0 aliphatic rings.